The molecule has 0 radical (unpaired) electrons. The normalized spacial score (nSPS) is 13.7. The summed E-state index contributed by atoms with van der Waals surface area (Å²) in [5, 5.41) is 0.639. The lowest BCUT2D eigenvalue weighted by atomic mass is 10.1. The van der Waals surface area contributed by atoms with Crippen molar-refractivity contribution in [3.05, 3.63) is 60.1 Å². The first-order chi connectivity index (χ1) is 16.4. The van der Waals surface area contributed by atoms with E-state index in [1.807, 2.05) is 54.3 Å². The topological polar surface area (TPSA) is 82.8 Å². The smallest absolute Gasteiger partial charge is 0.289 e. The number of hydrogen-bond acceptors (Lipinski definition) is 7. The fraction of sp³-hybridized carbons (Fsp3) is 0.360. The zero-order valence-electron chi connectivity index (χ0n) is 19.7. The van der Waals surface area contributed by atoms with Gasteiger partial charge in [-0.1, -0.05) is 42.1 Å². The van der Waals surface area contributed by atoms with Crippen molar-refractivity contribution in [3.8, 4) is 11.3 Å². The standard InChI is InChI=1S/C25H29N5O3S/c1-4-28(3)24(32)22-11-10-20(33-22)17-34-25-26-21(19-8-6-5-7-9-19)16-23(27-25)30-14-12-29(13-15-30)18(2)31/h5-11,16H,4,12-15,17H2,1-3H3. The molecule has 0 unspecified atom stereocenters. The summed E-state index contributed by atoms with van der Waals surface area (Å²) in [5.41, 5.74) is 1.87. The van der Waals surface area contributed by atoms with E-state index in [2.05, 4.69) is 4.90 Å². The van der Waals surface area contributed by atoms with Crippen molar-refractivity contribution in [2.24, 2.45) is 0 Å². The minimum Gasteiger partial charge on any atom is -0.455 e. The Morgan fingerprint density at radius 1 is 1.06 bits per heavy atom. The van der Waals surface area contributed by atoms with Crippen LogP contribution in [-0.4, -0.2) is 71.4 Å². The first-order valence-corrected chi connectivity index (χ1v) is 12.3. The first kappa shape index (κ1) is 23.8. The number of amides is 2. The molecule has 0 atom stereocenters. The molecule has 1 fully saturated rings. The van der Waals surface area contributed by atoms with E-state index in [-0.39, 0.29) is 11.8 Å². The summed E-state index contributed by atoms with van der Waals surface area (Å²) in [6.45, 7) is 6.96. The van der Waals surface area contributed by atoms with E-state index >= 15 is 0 Å². The Morgan fingerprint density at radius 2 is 1.79 bits per heavy atom. The lowest BCUT2D eigenvalue weighted by Crippen LogP contribution is -2.48. The van der Waals surface area contributed by atoms with E-state index in [0.29, 0.717) is 42.1 Å². The van der Waals surface area contributed by atoms with Crippen molar-refractivity contribution in [2.75, 3.05) is 44.7 Å². The van der Waals surface area contributed by atoms with Crippen LogP contribution in [0.15, 0.2) is 58.1 Å². The van der Waals surface area contributed by atoms with Crippen molar-refractivity contribution >= 4 is 29.4 Å². The number of anilines is 1. The molecule has 34 heavy (non-hydrogen) atoms. The van der Waals surface area contributed by atoms with E-state index in [0.717, 1.165) is 30.2 Å². The summed E-state index contributed by atoms with van der Waals surface area (Å²) in [5.74, 6) is 2.36. The van der Waals surface area contributed by atoms with Gasteiger partial charge in [0.1, 0.15) is 11.6 Å². The summed E-state index contributed by atoms with van der Waals surface area (Å²) in [6.07, 6.45) is 0. The van der Waals surface area contributed by atoms with Gasteiger partial charge in [-0.2, -0.15) is 0 Å². The summed E-state index contributed by atoms with van der Waals surface area (Å²) in [6, 6.07) is 15.6. The predicted octanol–water partition coefficient (Wildman–Crippen LogP) is 3.79. The van der Waals surface area contributed by atoms with E-state index < -0.39 is 0 Å². The van der Waals surface area contributed by atoms with Crippen LogP contribution in [-0.2, 0) is 10.5 Å². The maximum absolute atomic E-state index is 12.3. The van der Waals surface area contributed by atoms with Gasteiger partial charge in [0.15, 0.2) is 10.9 Å². The number of aromatic nitrogens is 2. The van der Waals surface area contributed by atoms with Crippen LogP contribution in [0.25, 0.3) is 11.3 Å². The first-order valence-electron chi connectivity index (χ1n) is 11.4. The second-order valence-electron chi connectivity index (χ2n) is 8.13. The minimum absolute atomic E-state index is 0.102. The van der Waals surface area contributed by atoms with Crippen molar-refractivity contribution in [3.63, 3.8) is 0 Å². The minimum atomic E-state index is -0.131. The van der Waals surface area contributed by atoms with Gasteiger partial charge in [0.05, 0.1) is 11.4 Å². The molecular formula is C25H29N5O3S. The molecule has 1 aliphatic rings. The number of carbonyl (C=O) groups is 2. The van der Waals surface area contributed by atoms with Crippen LogP contribution in [0.2, 0.25) is 0 Å². The molecule has 1 saturated heterocycles. The molecule has 0 saturated carbocycles. The number of nitrogens with zero attached hydrogens (tertiary/aromatic N) is 5. The monoisotopic (exact) mass is 479 g/mol. The highest BCUT2D eigenvalue weighted by atomic mass is 32.2. The largest absolute Gasteiger partial charge is 0.455 e. The van der Waals surface area contributed by atoms with Gasteiger partial charge in [-0.15, -0.1) is 0 Å². The fourth-order valence-electron chi connectivity index (χ4n) is 3.68. The summed E-state index contributed by atoms with van der Waals surface area (Å²) >= 11 is 1.47. The zero-order valence-corrected chi connectivity index (χ0v) is 20.5. The maximum atomic E-state index is 12.3. The molecule has 1 aliphatic heterocycles. The van der Waals surface area contributed by atoms with Gasteiger partial charge in [0.2, 0.25) is 5.91 Å². The Hall–Kier alpha value is -3.33. The number of hydrogen-bond donors (Lipinski definition) is 0. The Labute approximate surface area is 204 Å². The fourth-order valence-corrected chi connectivity index (χ4v) is 4.43. The Balaban J connectivity index is 1.54. The average molecular weight is 480 g/mol. The third-order valence-corrected chi connectivity index (χ3v) is 6.72. The predicted molar refractivity (Wildman–Crippen MR) is 133 cm³/mol. The van der Waals surface area contributed by atoms with Crippen LogP contribution >= 0.6 is 11.8 Å². The van der Waals surface area contributed by atoms with Gasteiger partial charge in [-0.3, -0.25) is 9.59 Å². The van der Waals surface area contributed by atoms with Gasteiger partial charge < -0.3 is 19.1 Å². The van der Waals surface area contributed by atoms with E-state index in [1.54, 1.807) is 24.9 Å². The average Bonchev–Trinajstić information content (AvgIpc) is 3.36. The maximum Gasteiger partial charge on any atom is 0.289 e. The lowest BCUT2D eigenvalue weighted by molar-refractivity contribution is -0.129. The van der Waals surface area contributed by atoms with Crippen molar-refractivity contribution in [2.45, 2.75) is 24.8 Å². The lowest BCUT2D eigenvalue weighted by Gasteiger charge is -2.35. The van der Waals surface area contributed by atoms with Crippen LogP contribution < -0.4 is 4.90 Å². The Bertz CT molecular complexity index is 1140. The molecule has 2 aromatic heterocycles. The summed E-state index contributed by atoms with van der Waals surface area (Å²) in [7, 11) is 1.75. The Morgan fingerprint density at radius 3 is 2.47 bits per heavy atom. The van der Waals surface area contributed by atoms with Gasteiger partial charge >= 0.3 is 0 Å². The molecular weight excluding hydrogens is 450 g/mol. The molecule has 0 spiro atoms. The molecule has 8 nitrogen and oxygen atoms in total. The molecule has 0 bridgehead atoms. The van der Waals surface area contributed by atoms with Crippen molar-refractivity contribution in [1.29, 1.82) is 0 Å². The van der Waals surface area contributed by atoms with Crippen LogP contribution in [0.4, 0.5) is 5.82 Å². The van der Waals surface area contributed by atoms with Gasteiger partial charge in [-0.25, -0.2) is 9.97 Å². The molecule has 9 heteroatoms. The number of thioether (sulfide) groups is 1. The molecule has 4 rings (SSSR count). The van der Waals surface area contributed by atoms with Crippen LogP contribution in [0.1, 0.15) is 30.2 Å². The highest BCUT2D eigenvalue weighted by Crippen LogP contribution is 2.28. The van der Waals surface area contributed by atoms with E-state index in [4.69, 9.17) is 14.4 Å². The van der Waals surface area contributed by atoms with Crippen molar-refractivity contribution in [1.82, 2.24) is 19.8 Å². The van der Waals surface area contributed by atoms with Gasteiger partial charge in [0, 0.05) is 58.3 Å². The second-order valence-corrected chi connectivity index (χ2v) is 9.07. The van der Waals surface area contributed by atoms with Crippen LogP contribution in [0.3, 0.4) is 0 Å². The molecule has 3 heterocycles. The number of benzene rings is 1. The number of piperazine rings is 1. The van der Waals surface area contributed by atoms with Crippen LogP contribution in [0, 0.1) is 0 Å². The molecule has 178 valence electrons. The van der Waals surface area contributed by atoms with Gasteiger partial charge in [0.25, 0.3) is 5.91 Å². The zero-order chi connectivity index (χ0) is 24.1. The highest BCUT2D eigenvalue weighted by Gasteiger charge is 2.21. The van der Waals surface area contributed by atoms with E-state index in [9.17, 15) is 9.59 Å². The number of carbonyl (C=O) groups excluding carboxylic acids is 2. The summed E-state index contributed by atoms with van der Waals surface area (Å²) < 4.78 is 5.77. The highest BCUT2D eigenvalue weighted by molar-refractivity contribution is 7.98. The quantitative estimate of drug-likeness (QED) is 0.377. The summed E-state index contributed by atoms with van der Waals surface area (Å²) in [4.78, 5) is 39.3. The molecule has 0 aliphatic carbocycles. The molecule has 0 N–H and O–H groups in total. The molecule has 3 aromatic rings. The van der Waals surface area contributed by atoms with E-state index in [1.165, 1.54) is 11.8 Å². The molecule has 1 aromatic carbocycles. The van der Waals surface area contributed by atoms with Crippen molar-refractivity contribution < 1.29 is 14.0 Å². The van der Waals surface area contributed by atoms with Crippen LogP contribution in [0.5, 0.6) is 0 Å². The number of furan rings is 1. The third-order valence-electron chi connectivity index (χ3n) is 5.85. The second kappa shape index (κ2) is 10.7. The molecule has 2 amide bonds. The number of rotatable bonds is 7. The SMILES string of the molecule is CCN(C)C(=O)c1ccc(CSc2nc(-c3ccccc3)cc(N3CCN(C(C)=O)CC3)n2)o1. The third kappa shape index (κ3) is 5.59. The Kier molecular flexibility index (Phi) is 7.52. The van der Waals surface area contributed by atoms with Gasteiger partial charge in [-0.05, 0) is 19.1 Å².